The smallest absolute Gasteiger partial charge is 0.251 e. The van der Waals surface area contributed by atoms with E-state index in [0.717, 1.165) is 11.8 Å². The average molecular weight is 363 g/mol. The van der Waals surface area contributed by atoms with Gasteiger partial charge in [0.2, 0.25) is 5.95 Å². The molecule has 1 amide bonds. The zero-order valence-corrected chi connectivity index (χ0v) is 15.2. The second-order valence-corrected chi connectivity index (χ2v) is 8.10. The number of carbonyl (C=O) groups is 1. The number of carbonyl (C=O) groups excluding carboxylic acids is 1. The van der Waals surface area contributed by atoms with Gasteiger partial charge >= 0.3 is 0 Å². The fourth-order valence-corrected chi connectivity index (χ4v) is 2.52. The molecule has 0 fully saturated rings. The van der Waals surface area contributed by atoms with E-state index in [0.29, 0.717) is 23.0 Å². The van der Waals surface area contributed by atoms with Crippen molar-refractivity contribution in [1.82, 2.24) is 15.3 Å². The van der Waals surface area contributed by atoms with Crippen LogP contribution in [-0.2, 0) is 9.84 Å². The standard InChI is InChI=1S/C16H21N5O3S/c1-21(2)16-19-13(10-14(17)20-16)11-4-6-12(7-5-11)15(22)18-8-9-25(3,23)24/h4-7,10H,8-9H2,1-3H3,(H,18,22)(H2,17,19,20). The van der Waals surface area contributed by atoms with Crippen LogP contribution in [0.4, 0.5) is 11.8 Å². The molecule has 0 aliphatic carbocycles. The van der Waals surface area contributed by atoms with Crippen molar-refractivity contribution in [1.29, 1.82) is 0 Å². The molecule has 1 aromatic carbocycles. The summed E-state index contributed by atoms with van der Waals surface area (Å²) in [5.74, 6) is 0.435. The highest BCUT2D eigenvalue weighted by Gasteiger charge is 2.10. The molecule has 2 rings (SSSR count). The van der Waals surface area contributed by atoms with Gasteiger partial charge in [-0.15, -0.1) is 0 Å². The first-order chi connectivity index (χ1) is 11.7. The Morgan fingerprint density at radius 2 is 1.84 bits per heavy atom. The van der Waals surface area contributed by atoms with Crippen LogP contribution in [0.1, 0.15) is 10.4 Å². The van der Waals surface area contributed by atoms with Crippen molar-refractivity contribution < 1.29 is 13.2 Å². The van der Waals surface area contributed by atoms with Gasteiger partial charge in [-0.3, -0.25) is 4.79 Å². The highest BCUT2D eigenvalue weighted by atomic mass is 32.2. The van der Waals surface area contributed by atoms with Crippen LogP contribution in [-0.4, -0.2) is 56.9 Å². The number of nitrogens with zero attached hydrogens (tertiary/aromatic N) is 3. The number of amides is 1. The second kappa shape index (κ2) is 7.47. The number of hydrogen-bond donors (Lipinski definition) is 2. The van der Waals surface area contributed by atoms with Crippen molar-refractivity contribution >= 4 is 27.5 Å². The number of nitrogens with two attached hydrogens (primary N) is 1. The van der Waals surface area contributed by atoms with E-state index in [1.807, 2.05) is 14.1 Å². The van der Waals surface area contributed by atoms with E-state index in [9.17, 15) is 13.2 Å². The van der Waals surface area contributed by atoms with Crippen LogP contribution in [0.5, 0.6) is 0 Å². The zero-order valence-electron chi connectivity index (χ0n) is 14.4. The number of aromatic nitrogens is 2. The van der Waals surface area contributed by atoms with Gasteiger partial charge in [0, 0.05) is 44.1 Å². The molecule has 8 nitrogen and oxygen atoms in total. The average Bonchev–Trinajstić information content (AvgIpc) is 2.53. The molecule has 2 aromatic rings. The highest BCUT2D eigenvalue weighted by Crippen LogP contribution is 2.21. The first kappa shape index (κ1) is 18.7. The number of benzene rings is 1. The minimum atomic E-state index is -3.10. The van der Waals surface area contributed by atoms with Gasteiger partial charge in [-0.2, -0.15) is 4.98 Å². The third-order valence-corrected chi connectivity index (χ3v) is 4.28. The second-order valence-electron chi connectivity index (χ2n) is 5.84. The molecule has 0 bridgehead atoms. The van der Waals surface area contributed by atoms with E-state index in [1.54, 1.807) is 35.2 Å². The molecule has 0 aliphatic heterocycles. The molecule has 0 aliphatic rings. The first-order valence-corrected chi connectivity index (χ1v) is 9.60. The maximum absolute atomic E-state index is 12.0. The molecule has 0 atom stereocenters. The van der Waals surface area contributed by atoms with E-state index in [-0.39, 0.29) is 18.2 Å². The summed E-state index contributed by atoms with van der Waals surface area (Å²) >= 11 is 0. The Kier molecular flexibility index (Phi) is 5.58. The lowest BCUT2D eigenvalue weighted by molar-refractivity contribution is 0.0956. The normalized spacial score (nSPS) is 11.2. The van der Waals surface area contributed by atoms with Crippen LogP contribution in [0, 0.1) is 0 Å². The number of nitrogen functional groups attached to an aromatic ring is 1. The maximum atomic E-state index is 12.0. The number of hydrogen-bond acceptors (Lipinski definition) is 7. The number of nitrogens with one attached hydrogen (secondary N) is 1. The zero-order chi connectivity index (χ0) is 18.6. The Labute approximate surface area is 147 Å². The van der Waals surface area contributed by atoms with E-state index < -0.39 is 9.84 Å². The predicted octanol–water partition coefficient (Wildman–Crippen LogP) is 0.566. The summed E-state index contributed by atoms with van der Waals surface area (Å²) in [6.07, 6.45) is 1.13. The van der Waals surface area contributed by atoms with Gasteiger partial charge in [0.1, 0.15) is 15.7 Å². The van der Waals surface area contributed by atoms with Gasteiger partial charge in [0.05, 0.1) is 11.4 Å². The van der Waals surface area contributed by atoms with Crippen LogP contribution in [0.25, 0.3) is 11.3 Å². The molecule has 0 saturated carbocycles. The number of sulfone groups is 1. The van der Waals surface area contributed by atoms with Crippen molar-refractivity contribution in [3.63, 3.8) is 0 Å². The Balaban J connectivity index is 2.13. The van der Waals surface area contributed by atoms with Crippen LogP contribution in [0.3, 0.4) is 0 Å². The Morgan fingerprint density at radius 1 is 1.20 bits per heavy atom. The van der Waals surface area contributed by atoms with E-state index >= 15 is 0 Å². The van der Waals surface area contributed by atoms with Crippen LogP contribution >= 0.6 is 0 Å². The first-order valence-electron chi connectivity index (χ1n) is 7.54. The van der Waals surface area contributed by atoms with Gasteiger partial charge < -0.3 is 16.0 Å². The van der Waals surface area contributed by atoms with Crippen LogP contribution in [0.15, 0.2) is 30.3 Å². The summed E-state index contributed by atoms with van der Waals surface area (Å²) in [6, 6.07) is 8.48. The molecule has 0 radical (unpaired) electrons. The van der Waals surface area contributed by atoms with E-state index in [2.05, 4.69) is 15.3 Å². The quantitative estimate of drug-likeness (QED) is 0.770. The van der Waals surface area contributed by atoms with Crippen molar-refractivity contribution in [3.8, 4) is 11.3 Å². The van der Waals surface area contributed by atoms with Gasteiger partial charge in [-0.25, -0.2) is 13.4 Å². The molecule has 0 saturated heterocycles. The Bertz CT molecular complexity index is 864. The molecule has 1 aromatic heterocycles. The third kappa shape index (κ3) is 5.42. The van der Waals surface area contributed by atoms with Crippen molar-refractivity contribution in [3.05, 3.63) is 35.9 Å². The molecular weight excluding hydrogens is 342 g/mol. The van der Waals surface area contributed by atoms with Crippen molar-refractivity contribution in [2.45, 2.75) is 0 Å². The summed E-state index contributed by atoms with van der Waals surface area (Å²) in [4.78, 5) is 22.3. The third-order valence-electron chi connectivity index (χ3n) is 3.34. The molecule has 0 spiro atoms. The number of rotatable bonds is 6. The molecule has 3 N–H and O–H groups in total. The summed E-state index contributed by atoms with van der Waals surface area (Å²) in [5, 5.41) is 2.58. The fourth-order valence-electron chi connectivity index (χ4n) is 2.05. The monoisotopic (exact) mass is 363 g/mol. The summed E-state index contributed by atoms with van der Waals surface area (Å²) in [5.41, 5.74) is 7.70. The molecule has 1 heterocycles. The SMILES string of the molecule is CN(C)c1nc(N)cc(-c2ccc(C(=O)NCCS(C)(=O)=O)cc2)n1. The van der Waals surface area contributed by atoms with Crippen molar-refractivity contribution in [2.75, 3.05) is 43.3 Å². The summed E-state index contributed by atoms with van der Waals surface area (Å²) in [7, 11) is 0.539. The largest absolute Gasteiger partial charge is 0.384 e. The highest BCUT2D eigenvalue weighted by molar-refractivity contribution is 7.90. The topological polar surface area (TPSA) is 118 Å². The van der Waals surface area contributed by atoms with Gasteiger partial charge in [0.15, 0.2) is 0 Å². The molecule has 9 heteroatoms. The summed E-state index contributed by atoms with van der Waals surface area (Å²) < 4.78 is 22.2. The van der Waals surface area contributed by atoms with Crippen molar-refractivity contribution in [2.24, 2.45) is 0 Å². The summed E-state index contributed by atoms with van der Waals surface area (Å²) in [6.45, 7) is 0.0774. The maximum Gasteiger partial charge on any atom is 0.251 e. The molecule has 25 heavy (non-hydrogen) atoms. The van der Waals surface area contributed by atoms with Gasteiger partial charge in [-0.05, 0) is 12.1 Å². The van der Waals surface area contributed by atoms with Gasteiger partial charge in [-0.1, -0.05) is 12.1 Å². The molecule has 134 valence electrons. The Hall–Kier alpha value is -2.68. The lowest BCUT2D eigenvalue weighted by atomic mass is 10.1. The predicted molar refractivity (Wildman–Crippen MR) is 98.3 cm³/mol. The van der Waals surface area contributed by atoms with E-state index in [1.165, 1.54) is 0 Å². The van der Waals surface area contributed by atoms with Crippen LogP contribution < -0.4 is 16.0 Å². The lowest BCUT2D eigenvalue weighted by Crippen LogP contribution is -2.28. The minimum Gasteiger partial charge on any atom is -0.384 e. The van der Waals surface area contributed by atoms with Crippen LogP contribution in [0.2, 0.25) is 0 Å². The molecular formula is C16H21N5O3S. The van der Waals surface area contributed by atoms with Gasteiger partial charge in [0.25, 0.3) is 5.91 Å². The minimum absolute atomic E-state index is 0.0774. The van der Waals surface area contributed by atoms with E-state index in [4.69, 9.17) is 5.73 Å². The molecule has 0 unspecified atom stereocenters. The lowest BCUT2D eigenvalue weighted by Gasteiger charge is -2.12. The Morgan fingerprint density at radius 3 is 2.40 bits per heavy atom. The number of anilines is 2. The fraction of sp³-hybridized carbons (Fsp3) is 0.312.